The summed E-state index contributed by atoms with van der Waals surface area (Å²) >= 11 is 0. The van der Waals surface area contributed by atoms with E-state index in [1.807, 2.05) is 13.8 Å². The van der Waals surface area contributed by atoms with Crippen molar-refractivity contribution in [3.8, 4) is 5.75 Å². The maximum Gasteiger partial charge on any atom is 0.414 e. The molecule has 2 aromatic rings. The average molecular weight is 379 g/mol. The Kier molecular flexibility index (Phi) is 8.43. The fraction of sp³-hybridized carbons (Fsp3) is 0.353. The number of carboxylic acid groups (broad SMARTS) is 2. The van der Waals surface area contributed by atoms with E-state index < -0.39 is 16.9 Å². The van der Waals surface area contributed by atoms with Gasteiger partial charge in [-0.25, -0.2) is 9.59 Å². The van der Waals surface area contributed by atoms with Crippen LogP contribution in [0.25, 0.3) is 0 Å². The van der Waals surface area contributed by atoms with Crippen LogP contribution in [0.2, 0.25) is 0 Å². The topological polar surface area (TPSA) is 156 Å². The first-order valence-corrected chi connectivity index (χ1v) is 8.07. The number of unbranched alkanes of at least 4 members (excludes halogenated alkanes) is 1. The standard InChI is InChI=1S/C15H19N3O3.C2H2O4/c1-11-13(12(2)17-16-11)7-5-6-10-21-15-9-4-3-8-14(15)18(19)20;3-1(4)2(5)6/h3-4,8-9H,5-7,10H2,1-2H3,(H,16,17);(H,3,4)(H,5,6). The summed E-state index contributed by atoms with van der Waals surface area (Å²) in [6.07, 6.45) is 2.74. The zero-order valence-corrected chi connectivity index (χ0v) is 15.0. The molecule has 1 aromatic heterocycles. The molecular formula is C17H21N3O7. The van der Waals surface area contributed by atoms with E-state index in [9.17, 15) is 10.1 Å². The Labute approximate surface area is 154 Å². The van der Waals surface area contributed by atoms with Crippen LogP contribution in [0.5, 0.6) is 5.75 Å². The summed E-state index contributed by atoms with van der Waals surface area (Å²) in [5.74, 6) is -3.32. The molecule has 2 rings (SSSR count). The Morgan fingerprint density at radius 1 is 1.19 bits per heavy atom. The molecular weight excluding hydrogens is 358 g/mol. The number of carbonyl (C=O) groups is 2. The lowest BCUT2D eigenvalue weighted by molar-refractivity contribution is -0.385. The first-order chi connectivity index (χ1) is 12.7. The molecule has 0 bridgehead atoms. The van der Waals surface area contributed by atoms with E-state index in [-0.39, 0.29) is 5.69 Å². The minimum Gasteiger partial charge on any atom is -0.487 e. The van der Waals surface area contributed by atoms with Gasteiger partial charge >= 0.3 is 17.6 Å². The van der Waals surface area contributed by atoms with E-state index in [0.717, 1.165) is 30.7 Å². The zero-order chi connectivity index (χ0) is 20.4. The molecule has 10 heteroatoms. The van der Waals surface area contributed by atoms with Gasteiger partial charge in [-0.15, -0.1) is 0 Å². The number of hydrogen-bond acceptors (Lipinski definition) is 6. The number of ether oxygens (including phenoxy) is 1. The first-order valence-electron chi connectivity index (χ1n) is 8.07. The fourth-order valence-corrected chi connectivity index (χ4v) is 2.26. The van der Waals surface area contributed by atoms with Gasteiger partial charge in [0, 0.05) is 11.8 Å². The molecule has 3 N–H and O–H groups in total. The lowest BCUT2D eigenvalue weighted by Crippen LogP contribution is -2.09. The Balaban J connectivity index is 0.000000527. The van der Waals surface area contributed by atoms with Crippen molar-refractivity contribution in [3.05, 3.63) is 51.3 Å². The van der Waals surface area contributed by atoms with Gasteiger partial charge in [-0.2, -0.15) is 5.10 Å². The van der Waals surface area contributed by atoms with Crippen molar-refractivity contribution in [2.75, 3.05) is 6.61 Å². The monoisotopic (exact) mass is 379 g/mol. The second-order valence-electron chi connectivity index (χ2n) is 5.55. The molecule has 0 atom stereocenters. The van der Waals surface area contributed by atoms with E-state index in [4.69, 9.17) is 24.5 Å². The molecule has 0 amide bonds. The SMILES string of the molecule is Cc1n[nH]c(C)c1CCCCOc1ccccc1[N+](=O)[O-].O=C(O)C(=O)O. The van der Waals surface area contributed by atoms with Crippen LogP contribution in [-0.2, 0) is 16.0 Å². The molecule has 0 saturated carbocycles. The van der Waals surface area contributed by atoms with Crippen LogP contribution in [0.1, 0.15) is 29.8 Å². The second-order valence-corrected chi connectivity index (χ2v) is 5.55. The maximum atomic E-state index is 10.9. The molecule has 10 nitrogen and oxygen atoms in total. The molecule has 1 aromatic carbocycles. The molecule has 0 aliphatic carbocycles. The zero-order valence-electron chi connectivity index (χ0n) is 15.0. The number of nitrogens with zero attached hydrogens (tertiary/aromatic N) is 2. The number of carboxylic acids is 2. The highest BCUT2D eigenvalue weighted by atomic mass is 16.6. The molecule has 146 valence electrons. The summed E-state index contributed by atoms with van der Waals surface area (Å²) in [6, 6.07) is 6.45. The van der Waals surface area contributed by atoms with Crippen LogP contribution in [0.4, 0.5) is 5.69 Å². The normalized spacial score (nSPS) is 9.85. The van der Waals surface area contributed by atoms with Crippen molar-refractivity contribution in [2.45, 2.75) is 33.1 Å². The Morgan fingerprint density at radius 2 is 1.81 bits per heavy atom. The van der Waals surface area contributed by atoms with Crippen LogP contribution in [0.15, 0.2) is 24.3 Å². The van der Waals surface area contributed by atoms with Gasteiger partial charge < -0.3 is 14.9 Å². The third-order valence-corrected chi connectivity index (χ3v) is 3.60. The molecule has 0 aliphatic rings. The summed E-state index contributed by atoms with van der Waals surface area (Å²) in [7, 11) is 0. The number of nitro benzene ring substituents is 1. The van der Waals surface area contributed by atoms with Gasteiger partial charge in [0.25, 0.3) is 0 Å². The van der Waals surface area contributed by atoms with E-state index in [1.54, 1.807) is 18.2 Å². The molecule has 27 heavy (non-hydrogen) atoms. The van der Waals surface area contributed by atoms with Crippen LogP contribution < -0.4 is 4.74 Å². The summed E-state index contributed by atoms with van der Waals surface area (Å²) < 4.78 is 5.51. The van der Waals surface area contributed by atoms with Gasteiger partial charge in [-0.05, 0) is 44.7 Å². The Hall–Kier alpha value is -3.43. The third kappa shape index (κ3) is 7.14. The summed E-state index contributed by atoms with van der Waals surface area (Å²) in [5.41, 5.74) is 3.40. The third-order valence-electron chi connectivity index (χ3n) is 3.60. The van der Waals surface area contributed by atoms with Gasteiger partial charge in [0.15, 0.2) is 5.75 Å². The predicted molar refractivity (Wildman–Crippen MR) is 94.9 cm³/mol. The van der Waals surface area contributed by atoms with Gasteiger partial charge in [-0.1, -0.05) is 12.1 Å². The summed E-state index contributed by atoms with van der Waals surface area (Å²) in [5, 5.41) is 32.8. The van der Waals surface area contributed by atoms with Crippen molar-refractivity contribution in [2.24, 2.45) is 0 Å². The number of aliphatic carboxylic acids is 2. The predicted octanol–water partition coefficient (Wildman–Crippen LogP) is 2.49. The molecule has 0 radical (unpaired) electrons. The van der Waals surface area contributed by atoms with Crippen LogP contribution in [0, 0.1) is 24.0 Å². The van der Waals surface area contributed by atoms with Crippen LogP contribution in [-0.4, -0.2) is 43.9 Å². The number of aromatic nitrogens is 2. The average Bonchev–Trinajstić information content (AvgIpc) is 2.94. The lowest BCUT2D eigenvalue weighted by atomic mass is 10.1. The van der Waals surface area contributed by atoms with Crippen LogP contribution in [0.3, 0.4) is 0 Å². The van der Waals surface area contributed by atoms with E-state index in [1.165, 1.54) is 11.6 Å². The second kappa shape index (κ2) is 10.5. The summed E-state index contributed by atoms with van der Waals surface area (Å²) in [4.78, 5) is 28.6. The van der Waals surface area contributed by atoms with Crippen molar-refractivity contribution in [3.63, 3.8) is 0 Å². The number of para-hydroxylation sites is 2. The highest BCUT2D eigenvalue weighted by Gasteiger charge is 2.13. The molecule has 1 heterocycles. The first kappa shape index (κ1) is 21.6. The molecule has 0 saturated heterocycles. The number of rotatable bonds is 7. The van der Waals surface area contributed by atoms with Gasteiger partial charge in [0.05, 0.1) is 17.2 Å². The molecule has 0 spiro atoms. The fourth-order valence-electron chi connectivity index (χ4n) is 2.26. The van der Waals surface area contributed by atoms with E-state index >= 15 is 0 Å². The number of benzene rings is 1. The quantitative estimate of drug-likeness (QED) is 0.287. The smallest absolute Gasteiger partial charge is 0.414 e. The van der Waals surface area contributed by atoms with Crippen molar-refractivity contribution >= 4 is 17.6 Å². The van der Waals surface area contributed by atoms with E-state index in [2.05, 4.69) is 10.2 Å². The number of hydrogen-bond donors (Lipinski definition) is 3. The largest absolute Gasteiger partial charge is 0.487 e. The Morgan fingerprint density at radius 3 is 2.33 bits per heavy atom. The number of aryl methyl sites for hydroxylation is 2. The highest BCUT2D eigenvalue weighted by Crippen LogP contribution is 2.26. The van der Waals surface area contributed by atoms with Crippen molar-refractivity contribution in [1.29, 1.82) is 0 Å². The van der Waals surface area contributed by atoms with E-state index in [0.29, 0.717) is 12.4 Å². The minimum atomic E-state index is -1.82. The summed E-state index contributed by atoms with van der Waals surface area (Å²) in [6.45, 7) is 4.47. The van der Waals surface area contributed by atoms with Crippen molar-refractivity contribution in [1.82, 2.24) is 10.2 Å². The minimum absolute atomic E-state index is 0.0130. The number of H-pyrrole nitrogens is 1. The van der Waals surface area contributed by atoms with Crippen LogP contribution >= 0.6 is 0 Å². The maximum absolute atomic E-state index is 10.9. The van der Waals surface area contributed by atoms with Crippen molar-refractivity contribution < 1.29 is 29.5 Å². The highest BCUT2D eigenvalue weighted by molar-refractivity contribution is 6.27. The number of aromatic amines is 1. The molecule has 0 aliphatic heterocycles. The number of nitrogens with one attached hydrogen (secondary N) is 1. The lowest BCUT2D eigenvalue weighted by Gasteiger charge is -2.06. The molecule has 0 unspecified atom stereocenters. The Bertz CT molecular complexity index is 770. The number of nitro groups is 1. The molecule has 0 fully saturated rings. The van der Waals surface area contributed by atoms with Gasteiger partial charge in [0.2, 0.25) is 0 Å². The van der Waals surface area contributed by atoms with Gasteiger partial charge in [0.1, 0.15) is 0 Å². The van der Waals surface area contributed by atoms with Gasteiger partial charge in [-0.3, -0.25) is 15.2 Å².